The van der Waals surface area contributed by atoms with Gasteiger partial charge in [-0.05, 0) is 24.6 Å². The Morgan fingerprint density at radius 3 is 2.31 bits per heavy atom. The Kier molecular flexibility index (Phi) is 5.91. The van der Waals surface area contributed by atoms with Gasteiger partial charge in [0, 0.05) is 31.9 Å². The summed E-state index contributed by atoms with van der Waals surface area (Å²) in [5.74, 6) is 0.922. The van der Waals surface area contributed by atoms with E-state index in [2.05, 4.69) is 39.4 Å². The first-order chi connectivity index (χ1) is 14.2. The number of carbonyl (C=O) groups is 1. The Bertz CT molecular complexity index is 918. The molecule has 29 heavy (non-hydrogen) atoms. The van der Waals surface area contributed by atoms with Crippen LogP contribution in [0.2, 0.25) is 0 Å². The van der Waals surface area contributed by atoms with Gasteiger partial charge in [0.15, 0.2) is 0 Å². The van der Waals surface area contributed by atoms with E-state index in [0.717, 1.165) is 24.5 Å². The highest BCUT2D eigenvalue weighted by atomic mass is 16.5. The molecule has 0 saturated carbocycles. The van der Waals surface area contributed by atoms with Gasteiger partial charge in [-0.25, -0.2) is 0 Å². The minimum Gasteiger partial charge on any atom is -0.492 e. The Morgan fingerprint density at radius 2 is 1.69 bits per heavy atom. The van der Waals surface area contributed by atoms with Crippen LogP contribution in [-0.2, 0) is 0 Å². The van der Waals surface area contributed by atoms with Gasteiger partial charge in [0.2, 0.25) is 0 Å². The van der Waals surface area contributed by atoms with Crippen molar-refractivity contribution in [3.8, 4) is 5.75 Å². The molecule has 1 aliphatic rings. The molecule has 1 aromatic heterocycles. The first-order valence-electron chi connectivity index (χ1n) is 9.98. The summed E-state index contributed by atoms with van der Waals surface area (Å²) in [7, 11) is 0. The summed E-state index contributed by atoms with van der Waals surface area (Å²) in [5, 5.41) is 6.82. The number of benzene rings is 2. The largest absolute Gasteiger partial charge is 0.492 e. The van der Waals surface area contributed by atoms with E-state index in [1.54, 1.807) is 6.20 Å². The molecule has 6 heteroatoms. The molecule has 1 unspecified atom stereocenters. The van der Waals surface area contributed by atoms with Crippen LogP contribution >= 0.6 is 0 Å². The first kappa shape index (κ1) is 19.2. The number of aromatic nitrogens is 2. The van der Waals surface area contributed by atoms with Crippen molar-refractivity contribution in [1.29, 1.82) is 0 Å². The molecular weight excluding hydrogens is 364 g/mol. The second-order valence-corrected chi connectivity index (χ2v) is 7.29. The van der Waals surface area contributed by atoms with E-state index in [-0.39, 0.29) is 11.9 Å². The molecule has 150 valence electrons. The van der Waals surface area contributed by atoms with Crippen LogP contribution in [0.3, 0.4) is 0 Å². The van der Waals surface area contributed by atoms with Crippen LogP contribution in [0.15, 0.2) is 66.9 Å². The SMILES string of the molecule is Cc1[nH]ncc1C(=O)N1CCN(C(COc2ccccc2)c2ccccc2)CC1. The van der Waals surface area contributed by atoms with Crippen LogP contribution in [0.5, 0.6) is 5.75 Å². The zero-order valence-electron chi connectivity index (χ0n) is 16.6. The van der Waals surface area contributed by atoms with Crippen molar-refractivity contribution >= 4 is 5.91 Å². The Balaban J connectivity index is 1.43. The van der Waals surface area contributed by atoms with Gasteiger partial charge >= 0.3 is 0 Å². The number of nitrogens with zero attached hydrogens (tertiary/aromatic N) is 3. The molecule has 2 heterocycles. The average Bonchev–Trinajstić information content (AvgIpc) is 3.21. The van der Waals surface area contributed by atoms with Crippen molar-refractivity contribution in [2.75, 3.05) is 32.8 Å². The van der Waals surface area contributed by atoms with Gasteiger partial charge in [-0.3, -0.25) is 14.8 Å². The van der Waals surface area contributed by atoms with Crippen molar-refractivity contribution in [1.82, 2.24) is 20.0 Å². The lowest BCUT2D eigenvalue weighted by Crippen LogP contribution is -2.50. The van der Waals surface area contributed by atoms with E-state index < -0.39 is 0 Å². The number of piperazine rings is 1. The molecule has 3 aromatic rings. The van der Waals surface area contributed by atoms with Gasteiger partial charge in [-0.2, -0.15) is 5.10 Å². The number of hydrogen-bond acceptors (Lipinski definition) is 4. The average molecular weight is 390 g/mol. The molecule has 1 N–H and O–H groups in total. The van der Waals surface area contributed by atoms with Gasteiger partial charge in [-0.1, -0.05) is 48.5 Å². The number of carbonyl (C=O) groups excluding carboxylic acids is 1. The number of amides is 1. The van der Waals surface area contributed by atoms with Crippen molar-refractivity contribution in [3.63, 3.8) is 0 Å². The molecule has 0 aliphatic carbocycles. The summed E-state index contributed by atoms with van der Waals surface area (Å²) in [4.78, 5) is 17.1. The lowest BCUT2D eigenvalue weighted by Gasteiger charge is -2.39. The minimum atomic E-state index is 0.0488. The number of ether oxygens (including phenoxy) is 1. The number of para-hydroxylation sites is 1. The lowest BCUT2D eigenvalue weighted by molar-refractivity contribution is 0.0499. The summed E-state index contributed by atoms with van der Waals surface area (Å²) in [6, 6.07) is 20.5. The van der Waals surface area contributed by atoms with Crippen LogP contribution in [0, 0.1) is 6.92 Å². The second-order valence-electron chi connectivity index (χ2n) is 7.29. The van der Waals surface area contributed by atoms with Gasteiger partial charge < -0.3 is 9.64 Å². The van der Waals surface area contributed by atoms with Crippen LogP contribution in [0.4, 0.5) is 0 Å². The molecule has 0 spiro atoms. The summed E-state index contributed by atoms with van der Waals surface area (Å²) in [5.41, 5.74) is 2.70. The molecule has 1 aliphatic heterocycles. The lowest BCUT2D eigenvalue weighted by atomic mass is 10.0. The monoisotopic (exact) mass is 390 g/mol. The van der Waals surface area contributed by atoms with Gasteiger partial charge in [-0.15, -0.1) is 0 Å². The third-order valence-corrected chi connectivity index (χ3v) is 5.44. The molecular formula is C23H26N4O2. The van der Waals surface area contributed by atoms with E-state index in [1.807, 2.05) is 48.2 Å². The molecule has 0 bridgehead atoms. The summed E-state index contributed by atoms with van der Waals surface area (Å²) < 4.78 is 6.09. The number of rotatable bonds is 6. The topological polar surface area (TPSA) is 61.5 Å². The van der Waals surface area contributed by atoms with Crippen molar-refractivity contribution in [3.05, 3.63) is 83.7 Å². The Hall–Kier alpha value is -3.12. The van der Waals surface area contributed by atoms with Crippen LogP contribution < -0.4 is 4.74 Å². The predicted molar refractivity (Wildman–Crippen MR) is 112 cm³/mol. The second kappa shape index (κ2) is 8.92. The minimum absolute atomic E-state index is 0.0488. The summed E-state index contributed by atoms with van der Waals surface area (Å²) in [6.07, 6.45) is 1.62. The third kappa shape index (κ3) is 4.49. The molecule has 4 rings (SSSR count). The fraction of sp³-hybridized carbons (Fsp3) is 0.304. The Morgan fingerprint density at radius 1 is 1.03 bits per heavy atom. The van der Waals surface area contributed by atoms with Crippen LogP contribution in [-0.4, -0.2) is 58.7 Å². The van der Waals surface area contributed by atoms with Gasteiger partial charge in [0.25, 0.3) is 5.91 Å². The highest BCUT2D eigenvalue weighted by Crippen LogP contribution is 2.24. The zero-order valence-corrected chi connectivity index (χ0v) is 16.6. The summed E-state index contributed by atoms with van der Waals surface area (Å²) in [6.45, 7) is 5.45. The molecule has 1 saturated heterocycles. The van der Waals surface area contributed by atoms with Crippen LogP contribution in [0.25, 0.3) is 0 Å². The highest BCUT2D eigenvalue weighted by molar-refractivity contribution is 5.95. The van der Waals surface area contributed by atoms with Gasteiger partial charge in [0.1, 0.15) is 12.4 Å². The van der Waals surface area contributed by atoms with Crippen LogP contribution in [0.1, 0.15) is 27.7 Å². The normalized spacial score (nSPS) is 15.8. The quantitative estimate of drug-likeness (QED) is 0.702. The highest BCUT2D eigenvalue weighted by Gasteiger charge is 2.28. The van der Waals surface area contributed by atoms with Gasteiger partial charge in [0.05, 0.1) is 17.8 Å². The maximum Gasteiger partial charge on any atom is 0.257 e. The van der Waals surface area contributed by atoms with Crippen molar-refractivity contribution in [2.45, 2.75) is 13.0 Å². The van der Waals surface area contributed by atoms with E-state index in [1.165, 1.54) is 5.56 Å². The number of H-pyrrole nitrogens is 1. The smallest absolute Gasteiger partial charge is 0.257 e. The molecule has 1 amide bonds. The molecule has 1 atom stereocenters. The summed E-state index contributed by atoms with van der Waals surface area (Å²) >= 11 is 0. The third-order valence-electron chi connectivity index (χ3n) is 5.44. The van der Waals surface area contributed by atoms with E-state index >= 15 is 0 Å². The Labute approximate surface area is 171 Å². The number of aromatic amines is 1. The number of aryl methyl sites for hydroxylation is 1. The van der Waals surface area contributed by atoms with E-state index in [4.69, 9.17) is 4.74 Å². The molecule has 2 aromatic carbocycles. The maximum absolute atomic E-state index is 12.8. The van der Waals surface area contributed by atoms with Crippen molar-refractivity contribution in [2.24, 2.45) is 0 Å². The maximum atomic E-state index is 12.8. The standard InChI is InChI=1S/C23H26N4O2/c1-18-21(16-24-25-18)23(28)27-14-12-26(13-15-27)22(19-8-4-2-5-9-19)17-29-20-10-6-3-7-11-20/h2-11,16,22H,12-15,17H2,1H3,(H,24,25). The zero-order chi connectivity index (χ0) is 20.1. The van der Waals surface area contributed by atoms with E-state index in [0.29, 0.717) is 25.3 Å². The van der Waals surface area contributed by atoms with E-state index in [9.17, 15) is 4.79 Å². The number of hydrogen-bond donors (Lipinski definition) is 1. The fourth-order valence-corrected chi connectivity index (χ4v) is 3.75. The predicted octanol–water partition coefficient (Wildman–Crippen LogP) is 3.30. The van der Waals surface area contributed by atoms with Crippen molar-refractivity contribution < 1.29 is 9.53 Å². The fourth-order valence-electron chi connectivity index (χ4n) is 3.75. The molecule has 0 radical (unpaired) electrons. The number of nitrogens with one attached hydrogen (secondary N) is 1. The first-order valence-corrected chi connectivity index (χ1v) is 9.98. The molecule has 1 fully saturated rings. The molecule has 6 nitrogen and oxygen atoms in total.